The average molecular weight is 381 g/mol. The predicted molar refractivity (Wildman–Crippen MR) is 123 cm³/mol. The topological polar surface area (TPSA) is 15.3 Å². The number of rotatable bonds is 15. The first-order chi connectivity index (χ1) is 12.9. The summed E-state index contributed by atoms with van der Waals surface area (Å²) in [6.07, 6.45) is 16.7. The highest BCUT2D eigenvalue weighted by Crippen LogP contribution is 2.23. The van der Waals surface area contributed by atoms with Crippen molar-refractivity contribution in [3.8, 4) is 0 Å². The molecule has 1 fully saturated rings. The van der Waals surface area contributed by atoms with Gasteiger partial charge in [0.25, 0.3) is 0 Å². The van der Waals surface area contributed by atoms with Gasteiger partial charge in [0.15, 0.2) is 0 Å². The highest BCUT2D eigenvalue weighted by molar-refractivity contribution is 4.79. The van der Waals surface area contributed by atoms with Gasteiger partial charge in [0.05, 0.1) is 0 Å². The van der Waals surface area contributed by atoms with Crippen molar-refractivity contribution in [3.63, 3.8) is 0 Å². The third kappa shape index (κ3) is 12.2. The molecule has 1 aliphatic rings. The van der Waals surface area contributed by atoms with E-state index in [2.05, 4.69) is 51.8 Å². The summed E-state index contributed by atoms with van der Waals surface area (Å²) in [5.74, 6) is 1.66. The lowest BCUT2D eigenvalue weighted by atomic mass is 9.96. The maximum atomic E-state index is 3.88. The summed E-state index contributed by atoms with van der Waals surface area (Å²) in [5.41, 5.74) is 0. The Morgan fingerprint density at radius 1 is 0.741 bits per heavy atom. The van der Waals surface area contributed by atoms with Gasteiger partial charge in [-0.25, -0.2) is 0 Å². The van der Waals surface area contributed by atoms with Gasteiger partial charge in [-0.1, -0.05) is 53.4 Å². The van der Waals surface area contributed by atoms with Crippen molar-refractivity contribution in [2.75, 3.05) is 13.1 Å². The molecule has 1 N–H and O–H groups in total. The number of unbranched alkanes of at least 4 members (excludes halogenated alkanes) is 4. The lowest BCUT2D eigenvalue weighted by Crippen LogP contribution is -2.44. The van der Waals surface area contributed by atoms with Crippen LogP contribution >= 0.6 is 0 Å². The van der Waals surface area contributed by atoms with Crippen LogP contribution in [-0.4, -0.2) is 36.1 Å². The molecule has 1 aliphatic heterocycles. The van der Waals surface area contributed by atoms with Crippen LogP contribution in [0.15, 0.2) is 0 Å². The molecule has 0 aliphatic carbocycles. The van der Waals surface area contributed by atoms with E-state index in [1.807, 2.05) is 0 Å². The number of likely N-dealkylation sites (tertiary alicyclic amines) is 1. The van der Waals surface area contributed by atoms with E-state index in [1.165, 1.54) is 90.1 Å². The maximum absolute atomic E-state index is 3.88. The Balaban J connectivity index is 2.06. The molecule has 27 heavy (non-hydrogen) atoms. The molecule has 0 saturated carbocycles. The molecule has 2 nitrogen and oxygen atoms in total. The molecule has 2 atom stereocenters. The van der Waals surface area contributed by atoms with Crippen molar-refractivity contribution in [1.82, 2.24) is 10.2 Å². The van der Waals surface area contributed by atoms with E-state index in [4.69, 9.17) is 0 Å². The maximum Gasteiger partial charge on any atom is 0.00697 e. The molecule has 1 heterocycles. The SMILES string of the molecule is CC(C)CCC(CCC(C)C)NCCCCCCCN1C(C)CCCC1C. The van der Waals surface area contributed by atoms with E-state index in [9.17, 15) is 0 Å². The molecule has 0 aromatic heterocycles. The molecule has 0 aromatic rings. The van der Waals surface area contributed by atoms with Gasteiger partial charge in [0.2, 0.25) is 0 Å². The van der Waals surface area contributed by atoms with E-state index >= 15 is 0 Å². The smallest absolute Gasteiger partial charge is 0.00697 e. The van der Waals surface area contributed by atoms with Gasteiger partial charge >= 0.3 is 0 Å². The Morgan fingerprint density at radius 2 is 1.26 bits per heavy atom. The van der Waals surface area contributed by atoms with Crippen LogP contribution in [0.1, 0.15) is 119 Å². The highest BCUT2D eigenvalue weighted by Gasteiger charge is 2.23. The Morgan fingerprint density at radius 3 is 1.81 bits per heavy atom. The van der Waals surface area contributed by atoms with E-state index < -0.39 is 0 Å². The highest BCUT2D eigenvalue weighted by atomic mass is 15.2. The van der Waals surface area contributed by atoms with Crippen LogP contribution in [0.25, 0.3) is 0 Å². The van der Waals surface area contributed by atoms with Crippen LogP contribution < -0.4 is 5.32 Å². The van der Waals surface area contributed by atoms with Crippen molar-refractivity contribution in [1.29, 1.82) is 0 Å². The summed E-state index contributed by atoms with van der Waals surface area (Å²) in [4.78, 5) is 2.76. The molecule has 0 aromatic carbocycles. The van der Waals surface area contributed by atoms with E-state index in [0.29, 0.717) is 0 Å². The molecule has 162 valence electrons. The fourth-order valence-corrected chi connectivity index (χ4v) is 4.59. The number of piperidine rings is 1. The van der Waals surface area contributed by atoms with E-state index in [-0.39, 0.29) is 0 Å². The normalized spacial score (nSPS) is 21.7. The van der Waals surface area contributed by atoms with Gasteiger partial charge in [0.1, 0.15) is 0 Å². The van der Waals surface area contributed by atoms with Crippen molar-refractivity contribution in [2.24, 2.45) is 11.8 Å². The van der Waals surface area contributed by atoms with Gasteiger partial charge in [0, 0.05) is 18.1 Å². The Bertz CT molecular complexity index is 317. The second-order valence-corrected chi connectivity index (χ2v) is 10.2. The van der Waals surface area contributed by atoms with E-state index in [1.54, 1.807) is 0 Å². The van der Waals surface area contributed by atoms with Crippen LogP contribution in [0.3, 0.4) is 0 Å². The Hall–Kier alpha value is -0.0800. The van der Waals surface area contributed by atoms with Crippen LogP contribution in [0.2, 0.25) is 0 Å². The molecule has 1 rings (SSSR count). The van der Waals surface area contributed by atoms with Crippen LogP contribution in [0.4, 0.5) is 0 Å². The zero-order valence-electron chi connectivity index (χ0n) is 19.7. The first-order valence-electron chi connectivity index (χ1n) is 12.4. The van der Waals surface area contributed by atoms with Gasteiger partial charge in [-0.05, 0) is 90.1 Å². The largest absolute Gasteiger partial charge is 0.314 e. The van der Waals surface area contributed by atoms with Crippen molar-refractivity contribution < 1.29 is 0 Å². The number of hydrogen-bond acceptors (Lipinski definition) is 2. The second kappa shape index (κ2) is 14.9. The summed E-state index contributed by atoms with van der Waals surface area (Å²) < 4.78 is 0. The van der Waals surface area contributed by atoms with Crippen molar-refractivity contribution in [3.05, 3.63) is 0 Å². The van der Waals surface area contributed by atoms with Crippen LogP contribution in [0.5, 0.6) is 0 Å². The minimum atomic E-state index is 0.747. The summed E-state index contributed by atoms with van der Waals surface area (Å²) in [7, 11) is 0. The van der Waals surface area contributed by atoms with Gasteiger partial charge in [-0.2, -0.15) is 0 Å². The van der Waals surface area contributed by atoms with Gasteiger partial charge < -0.3 is 5.32 Å². The monoisotopic (exact) mass is 380 g/mol. The zero-order chi connectivity index (χ0) is 20.1. The molecule has 2 unspecified atom stereocenters. The van der Waals surface area contributed by atoms with Crippen molar-refractivity contribution in [2.45, 2.75) is 137 Å². The number of hydrogen-bond donors (Lipinski definition) is 1. The zero-order valence-corrected chi connectivity index (χ0v) is 19.7. The summed E-state index contributed by atoms with van der Waals surface area (Å²) in [5, 5.41) is 3.88. The summed E-state index contributed by atoms with van der Waals surface area (Å²) in [6, 6.07) is 2.37. The quantitative estimate of drug-likeness (QED) is 0.307. The summed E-state index contributed by atoms with van der Waals surface area (Å²) >= 11 is 0. The average Bonchev–Trinajstić information content (AvgIpc) is 2.60. The molecule has 0 spiro atoms. The molecular weight excluding hydrogens is 328 g/mol. The standard InChI is InChI=1S/C25H52N2/c1-21(2)15-17-25(18-16-22(3)4)26-19-10-8-7-9-11-20-27-23(5)13-12-14-24(27)6/h21-26H,7-20H2,1-6H3. The molecule has 0 amide bonds. The Kier molecular flexibility index (Phi) is 13.7. The molecule has 0 radical (unpaired) electrons. The predicted octanol–water partition coefficient (Wildman–Crippen LogP) is 7.03. The second-order valence-electron chi connectivity index (χ2n) is 10.2. The minimum absolute atomic E-state index is 0.747. The molecular formula is C25H52N2. The lowest BCUT2D eigenvalue weighted by Gasteiger charge is -2.39. The first-order valence-corrected chi connectivity index (χ1v) is 12.4. The van der Waals surface area contributed by atoms with Crippen LogP contribution in [-0.2, 0) is 0 Å². The fourth-order valence-electron chi connectivity index (χ4n) is 4.59. The van der Waals surface area contributed by atoms with Gasteiger partial charge in [-0.15, -0.1) is 0 Å². The van der Waals surface area contributed by atoms with E-state index in [0.717, 1.165) is 30.0 Å². The van der Waals surface area contributed by atoms with Gasteiger partial charge in [-0.3, -0.25) is 4.90 Å². The molecule has 2 heteroatoms. The first kappa shape index (κ1) is 25.0. The van der Waals surface area contributed by atoms with Crippen LogP contribution in [0, 0.1) is 11.8 Å². The molecule has 1 saturated heterocycles. The fraction of sp³-hybridized carbons (Fsp3) is 1.00. The number of nitrogens with one attached hydrogen (secondary N) is 1. The third-order valence-corrected chi connectivity index (χ3v) is 6.59. The minimum Gasteiger partial charge on any atom is -0.314 e. The van der Waals surface area contributed by atoms with Crippen molar-refractivity contribution >= 4 is 0 Å². The third-order valence-electron chi connectivity index (χ3n) is 6.59. The summed E-state index contributed by atoms with van der Waals surface area (Å²) in [6.45, 7) is 16.8. The molecule has 0 bridgehead atoms. The lowest BCUT2D eigenvalue weighted by molar-refractivity contribution is 0.101. The Labute approximate surface area is 172 Å². The number of nitrogens with zero attached hydrogens (tertiary/aromatic N) is 1.